The molecule has 1 aromatic rings. The molecule has 96 valence electrons. The van der Waals surface area contributed by atoms with Crippen molar-refractivity contribution in [2.45, 2.75) is 25.7 Å². The van der Waals surface area contributed by atoms with Crippen LogP contribution in [-0.4, -0.2) is 22.6 Å². The number of amides is 1. The van der Waals surface area contributed by atoms with E-state index in [4.69, 9.17) is 5.84 Å². The summed E-state index contributed by atoms with van der Waals surface area (Å²) in [7, 11) is 0. The molecule has 0 atom stereocenters. The van der Waals surface area contributed by atoms with E-state index in [0.717, 1.165) is 12.5 Å². The Morgan fingerprint density at radius 3 is 2.67 bits per heavy atom. The molecule has 0 bridgehead atoms. The lowest BCUT2D eigenvalue weighted by molar-refractivity contribution is 0.0936. The number of hydrogen-bond acceptors (Lipinski definition) is 5. The van der Waals surface area contributed by atoms with E-state index in [-0.39, 0.29) is 5.91 Å². The number of nitrogens with zero attached hydrogens (tertiary/aromatic N) is 2. The van der Waals surface area contributed by atoms with Crippen LogP contribution in [0.15, 0.2) is 12.1 Å². The molecular weight excluding hydrogens is 230 g/mol. The minimum absolute atomic E-state index is 0.155. The van der Waals surface area contributed by atoms with E-state index in [9.17, 15) is 4.79 Å². The van der Waals surface area contributed by atoms with Crippen molar-refractivity contribution in [3.05, 3.63) is 17.8 Å². The quantitative estimate of drug-likeness (QED) is 0.525. The molecule has 4 N–H and O–H groups in total. The summed E-state index contributed by atoms with van der Waals surface area (Å²) in [6, 6.07) is 3.25. The fraction of sp³-hybridized carbons (Fsp3) is 0.583. The van der Waals surface area contributed by atoms with Gasteiger partial charge in [-0.3, -0.25) is 4.79 Å². The van der Waals surface area contributed by atoms with Gasteiger partial charge in [0, 0.05) is 6.54 Å². The van der Waals surface area contributed by atoms with Gasteiger partial charge in [-0.2, -0.15) is 0 Å². The second-order valence-electron chi connectivity index (χ2n) is 5.27. The summed E-state index contributed by atoms with van der Waals surface area (Å²) in [4.78, 5) is 11.9. The average molecular weight is 247 g/mol. The number of hydrogen-bond donors (Lipinski definition) is 3. The van der Waals surface area contributed by atoms with Crippen molar-refractivity contribution in [3.63, 3.8) is 0 Å². The van der Waals surface area contributed by atoms with E-state index in [0.29, 0.717) is 16.9 Å². The minimum Gasteiger partial charge on any atom is -0.350 e. The number of nitrogens with one attached hydrogen (secondary N) is 2. The summed E-state index contributed by atoms with van der Waals surface area (Å²) < 4.78 is 0. The second kappa shape index (κ2) is 4.20. The summed E-state index contributed by atoms with van der Waals surface area (Å²) in [5.41, 5.74) is 3.12. The van der Waals surface area contributed by atoms with Crippen LogP contribution in [0, 0.1) is 11.3 Å². The summed E-state index contributed by atoms with van der Waals surface area (Å²) in [5, 5.41) is 10.6. The first-order valence-corrected chi connectivity index (χ1v) is 6.32. The highest BCUT2D eigenvalue weighted by Crippen LogP contribution is 2.60. The number of carbonyl (C=O) groups excluding carboxylic acids is 1. The highest BCUT2D eigenvalue weighted by molar-refractivity contribution is 5.92. The van der Waals surface area contributed by atoms with Gasteiger partial charge < -0.3 is 10.7 Å². The molecule has 0 aromatic carbocycles. The molecule has 1 heterocycles. The lowest BCUT2D eigenvalue weighted by Crippen LogP contribution is -2.31. The molecule has 0 radical (unpaired) electrons. The molecule has 1 aromatic heterocycles. The molecule has 0 unspecified atom stereocenters. The summed E-state index contributed by atoms with van der Waals surface area (Å²) in [6.07, 6.45) is 5.15. The Morgan fingerprint density at radius 1 is 1.39 bits per heavy atom. The topological polar surface area (TPSA) is 92.9 Å². The van der Waals surface area contributed by atoms with Crippen molar-refractivity contribution < 1.29 is 4.79 Å². The standard InChI is InChI=1S/C12H17N5O/c13-15-10-4-3-9(16-17-10)11(18)14-7-12(5-6-12)8-1-2-8/h3-4,8H,1-2,5-7,13H2,(H,14,18)(H,15,17). The first kappa shape index (κ1) is 11.4. The SMILES string of the molecule is NNc1ccc(C(=O)NCC2(C3CC3)CC2)nn1. The first-order valence-electron chi connectivity index (χ1n) is 6.32. The van der Waals surface area contributed by atoms with E-state index >= 15 is 0 Å². The van der Waals surface area contributed by atoms with Gasteiger partial charge in [0.1, 0.15) is 0 Å². The van der Waals surface area contributed by atoms with E-state index in [1.165, 1.54) is 25.7 Å². The highest BCUT2D eigenvalue weighted by Gasteiger charge is 2.53. The number of anilines is 1. The third kappa shape index (κ3) is 2.15. The van der Waals surface area contributed by atoms with Gasteiger partial charge in [-0.15, -0.1) is 10.2 Å². The monoisotopic (exact) mass is 247 g/mol. The molecule has 2 saturated carbocycles. The van der Waals surface area contributed by atoms with Crippen molar-refractivity contribution in [2.75, 3.05) is 12.0 Å². The largest absolute Gasteiger partial charge is 0.350 e. The predicted octanol–water partition coefficient (Wildman–Crippen LogP) is 0.682. The molecule has 18 heavy (non-hydrogen) atoms. The number of carbonyl (C=O) groups is 1. The molecule has 2 fully saturated rings. The smallest absolute Gasteiger partial charge is 0.271 e. The molecule has 0 spiro atoms. The third-order valence-corrected chi connectivity index (χ3v) is 3.98. The Morgan fingerprint density at radius 2 is 2.17 bits per heavy atom. The van der Waals surface area contributed by atoms with Crippen LogP contribution in [0.4, 0.5) is 5.82 Å². The van der Waals surface area contributed by atoms with Gasteiger partial charge in [-0.1, -0.05) is 0 Å². The van der Waals surface area contributed by atoms with Crippen LogP contribution in [0.25, 0.3) is 0 Å². The Hall–Kier alpha value is -1.69. The fourth-order valence-electron chi connectivity index (χ4n) is 2.46. The van der Waals surface area contributed by atoms with Crippen LogP contribution in [0.5, 0.6) is 0 Å². The molecule has 0 aliphatic heterocycles. The van der Waals surface area contributed by atoms with Crippen molar-refractivity contribution in [1.29, 1.82) is 0 Å². The minimum atomic E-state index is -0.155. The number of nitrogen functional groups attached to an aromatic ring is 1. The fourth-order valence-corrected chi connectivity index (χ4v) is 2.46. The van der Waals surface area contributed by atoms with Crippen LogP contribution in [-0.2, 0) is 0 Å². The maximum absolute atomic E-state index is 11.9. The van der Waals surface area contributed by atoms with Gasteiger partial charge in [-0.25, -0.2) is 5.84 Å². The van der Waals surface area contributed by atoms with Crippen molar-refractivity contribution in [2.24, 2.45) is 17.2 Å². The van der Waals surface area contributed by atoms with Gasteiger partial charge in [-0.05, 0) is 49.1 Å². The summed E-state index contributed by atoms with van der Waals surface area (Å²) in [5.74, 6) is 6.32. The lowest BCUT2D eigenvalue weighted by Gasteiger charge is -2.14. The van der Waals surface area contributed by atoms with E-state index in [2.05, 4.69) is 20.9 Å². The van der Waals surface area contributed by atoms with Gasteiger partial charge in [0.05, 0.1) is 0 Å². The van der Waals surface area contributed by atoms with Crippen LogP contribution >= 0.6 is 0 Å². The Balaban J connectivity index is 1.57. The summed E-state index contributed by atoms with van der Waals surface area (Å²) in [6.45, 7) is 0.773. The number of rotatable bonds is 5. The molecule has 2 aliphatic rings. The second-order valence-corrected chi connectivity index (χ2v) is 5.27. The molecule has 3 rings (SSSR count). The van der Waals surface area contributed by atoms with Gasteiger partial charge in [0.25, 0.3) is 5.91 Å². The van der Waals surface area contributed by atoms with Gasteiger partial charge in [0.2, 0.25) is 0 Å². The Kier molecular flexibility index (Phi) is 2.66. The Bertz CT molecular complexity index is 450. The zero-order valence-corrected chi connectivity index (χ0v) is 10.1. The molecule has 1 amide bonds. The number of nitrogens with two attached hydrogens (primary N) is 1. The highest BCUT2D eigenvalue weighted by atomic mass is 16.1. The number of aromatic nitrogens is 2. The van der Waals surface area contributed by atoms with Crippen molar-refractivity contribution >= 4 is 11.7 Å². The van der Waals surface area contributed by atoms with Crippen LogP contribution in [0.1, 0.15) is 36.2 Å². The maximum atomic E-state index is 11.9. The predicted molar refractivity (Wildman–Crippen MR) is 66.6 cm³/mol. The van der Waals surface area contributed by atoms with Crippen LogP contribution < -0.4 is 16.6 Å². The van der Waals surface area contributed by atoms with Crippen LogP contribution in [0.2, 0.25) is 0 Å². The normalized spacial score (nSPS) is 20.3. The molecule has 0 saturated heterocycles. The van der Waals surface area contributed by atoms with Crippen molar-refractivity contribution in [3.8, 4) is 0 Å². The first-order chi connectivity index (χ1) is 8.73. The lowest BCUT2D eigenvalue weighted by atomic mass is 10.0. The van der Waals surface area contributed by atoms with E-state index < -0.39 is 0 Å². The third-order valence-electron chi connectivity index (χ3n) is 3.98. The van der Waals surface area contributed by atoms with Gasteiger partial charge >= 0.3 is 0 Å². The van der Waals surface area contributed by atoms with E-state index in [1.807, 2.05) is 0 Å². The summed E-state index contributed by atoms with van der Waals surface area (Å²) >= 11 is 0. The molecule has 6 heteroatoms. The van der Waals surface area contributed by atoms with Gasteiger partial charge in [0.15, 0.2) is 11.5 Å². The van der Waals surface area contributed by atoms with Crippen molar-refractivity contribution in [1.82, 2.24) is 15.5 Å². The molecular formula is C12H17N5O. The molecule has 2 aliphatic carbocycles. The maximum Gasteiger partial charge on any atom is 0.271 e. The number of hydrazine groups is 1. The Labute approximate surface area is 105 Å². The zero-order chi connectivity index (χ0) is 12.6. The average Bonchev–Trinajstić information content (AvgIpc) is 3.28. The molecule has 6 nitrogen and oxygen atoms in total. The van der Waals surface area contributed by atoms with Crippen LogP contribution in [0.3, 0.4) is 0 Å². The van der Waals surface area contributed by atoms with E-state index in [1.54, 1.807) is 12.1 Å². The zero-order valence-electron chi connectivity index (χ0n) is 10.1.